The zero-order chi connectivity index (χ0) is 11.4. The van der Waals surface area contributed by atoms with Crippen molar-refractivity contribution in [2.24, 2.45) is 5.92 Å². The third-order valence-corrected chi connectivity index (χ3v) is 2.98. The summed E-state index contributed by atoms with van der Waals surface area (Å²) in [5.41, 5.74) is 0.873. The van der Waals surface area contributed by atoms with Crippen LogP contribution < -0.4 is 5.32 Å². The summed E-state index contributed by atoms with van der Waals surface area (Å²) in [6.45, 7) is 1.48. The van der Waals surface area contributed by atoms with E-state index >= 15 is 0 Å². The quantitative estimate of drug-likeness (QED) is 0.767. The van der Waals surface area contributed by atoms with Gasteiger partial charge < -0.3 is 10.4 Å². The molecule has 1 aliphatic carbocycles. The zero-order valence-corrected chi connectivity index (χ0v) is 9.23. The molecule has 2 N–H and O–H groups in total. The lowest BCUT2D eigenvalue weighted by molar-refractivity contribution is -0.138. The lowest BCUT2D eigenvalue weighted by atomic mass is 9.99. The molecule has 0 aliphatic heterocycles. The summed E-state index contributed by atoms with van der Waals surface area (Å²) in [4.78, 5) is 11.2. The number of carbonyl (C=O) groups is 1. The van der Waals surface area contributed by atoms with Gasteiger partial charge in [0.05, 0.1) is 5.92 Å². The Kier molecular flexibility index (Phi) is 3.57. The predicted molar refractivity (Wildman–Crippen MR) is 62.4 cm³/mol. The van der Waals surface area contributed by atoms with Crippen LogP contribution in [0, 0.1) is 5.92 Å². The fourth-order valence-electron chi connectivity index (χ4n) is 1.79. The van der Waals surface area contributed by atoms with Crippen LogP contribution in [-0.2, 0) is 4.79 Å². The normalized spacial score (nSPS) is 17.0. The number of nitrogens with one attached hydrogen (secondary N) is 1. The van der Waals surface area contributed by atoms with Gasteiger partial charge >= 0.3 is 5.97 Å². The molecular formula is C13H17NO2. The second-order valence-corrected chi connectivity index (χ2v) is 4.40. The highest BCUT2D eigenvalue weighted by atomic mass is 16.4. The van der Waals surface area contributed by atoms with Crippen LogP contribution in [0.3, 0.4) is 0 Å². The maximum Gasteiger partial charge on any atom is 0.312 e. The molecule has 3 nitrogen and oxygen atoms in total. The van der Waals surface area contributed by atoms with Crippen molar-refractivity contribution in [2.75, 3.05) is 13.1 Å². The molecule has 0 bridgehead atoms. The Bertz CT molecular complexity index is 346. The van der Waals surface area contributed by atoms with E-state index in [9.17, 15) is 4.79 Å². The highest BCUT2D eigenvalue weighted by Gasteiger charge is 2.23. The van der Waals surface area contributed by atoms with Gasteiger partial charge in [0.1, 0.15) is 0 Å². The van der Waals surface area contributed by atoms with Gasteiger partial charge in [-0.2, -0.15) is 0 Å². The summed E-state index contributed by atoms with van der Waals surface area (Å²) in [5.74, 6) is -0.403. The van der Waals surface area contributed by atoms with Gasteiger partial charge in [-0.25, -0.2) is 0 Å². The molecule has 1 saturated carbocycles. The molecule has 0 heterocycles. The van der Waals surface area contributed by atoms with Gasteiger partial charge in [-0.15, -0.1) is 0 Å². The van der Waals surface area contributed by atoms with E-state index in [4.69, 9.17) is 5.11 Å². The van der Waals surface area contributed by atoms with Gasteiger partial charge in [-0.05, 0) is 30.9 Å². The van der Waals surface area contributed by atoms with Crippen molar-refractivity contribution in [2.45, 2.75) is 18.8 Å². The van der Waals surface area contributed by atoms with Gasteiger partial charge in [0, 0.05) is 6.54 Å². The molecule has 1 atom stereocenters. The van der Waals surface area contributed by atoms with Gasteiger partial charge in [0.2, 0.25) is 0 Å². The molecule has 16 heavy (non-hydrogen) atoms. The fraction of sp³-hybridized carbons (Fsp3) is 0.462. The first-order chi connectivity index (χ1) is 7.77. The molecule has 3 heteroatoms. The lowest BCUT2D eigenvalue weighted by Gasteiger charge is -2.13. The smallest absolute Gasteiger partial charge is 0.312 e. The van der Waals surface area contributed by atoms with Crippen LogP contribution in [0.15, 0.2) is 30.3 Å². The van der Waals surface area contributed by atoms with E-state index in [-0.39, 0.29) is 0 Å². The summed E-state index contributed by atoms with van der Waals surface area (Å²) < 4.78 is 0. The minimum absolute atomic E-state index is 0.431. The van der Waals surface area contributed by atoms with Crippen molar-refractivity contribution in [3.05, 3.63) is 35.9 Å². The molecule has 1 aromatic carbocycles. The standard InChI is InChI=1S/C13H17NO2/c15-13(16)12(9-14-8-10-6-7-10)11-4-2-1-3-5-11/h1-5,10,12,14H,6-9H2,(H,15,16). The van der Waals surface area contributed by atoms with Crippen LogP contribution in [0.5, 0.6) is 0 Å². The summed E-state index contributed by atoms with van der Waals surface area (Å²) in [5, 5.41) is 12.4. The van der Waals surface area contributed by atoms with Crippen LogP contribution in [0.4, 0.5) is 0 Å². The third-order valence-electron chi connectivity index (χ3n) is 2.98. The molecule has 1 fully saturated rings. The van der Waals surface area contributed by atoms with Gasteiger partial charge in [-0.3, -0.25) is 4.79 Å². The highest BCUT2D eigenvalue weighted by Crippen LogP contribution is 2.27. The summed E-state index contributed by atoms with van der Waals surface area (Å²) >= 11 is 0. The number of carboxylic acids is 1. The molecule has 0 radical (unpaired) electrons. The maximum absolute atomic E-state index is 11.2. The van der Waals surface area contributed by atoms with Crippen molar-refractivity contribution in [3.63, 3.8) is 0 Å². The van der Waals surface area contributed by atoms with Gasteiger partial charge in [0.25, 0.3) is 0 Å². The Morgan fingerprint density at radius 3 is 2.62 bits per heavy atom. The number of rotatable bonds is 6. The average Bonchev–Trinajstić information content (AvgIpc) is 3.09. The van der Waals surface area contributed by atoms with Crippen LogP contribution in [0.1, 0.15) is 24.3 Å². The molecule has 86 valence electrons. The number of hydrogen-bond acceptors (Lipinski definition) is 2. The van der Waals surface area contributed by atoms with Crippen LogP contribution in [0.25, 0.3) is 0 Å². The van der Waals surface area contributed by atoms with Gasteiger partial charge in [-0.1, -0.05) is 30.3 Å². The topological polar surface area (TPSA) is 49.3 Å². The van der Waals surface area contributed by atoms with E-state index in [2.05, 4.69) is 5.32 Å². The maximum atomic E-state index is 11.2. The number of benzene rings is 1. The molecule has 2 rings (SSSR count). The van der Waals surface area contributed by atoms with Crippen molar-refractivity contribution in [3.8, 4) is 0 Å². The number of carboxylic acid groups (broad SMARTS) is 1. The predicted octanol–water partition coefficient (Wildman–Crippen LogP) is 1.85. The Hall–Kier alpha value is -1.35. The Labute approximate surface area is 95.5 Å². The Morgan fingerprint density at radius 2 is 2.06 bits per heavy atom. The SMILES string of the molecule is O=C(O)C(CNCC1CC1)c1ccccc1. The number of hydrogen-bond donors (Lipinski definition) is 2. The molecular weight excluding hydrogens is 202 g/mol. The molecule has 0 amide bonds. The first-order valence-electron chi connectivity index (χ1n) is 5.76. The van der Waals surface area contributed by atoms with Crippen LogP contribution >= 0.6 is 0 Å². The molecule has 0 spiro atoms. The summed E-state index contributed by atoms with van der Waals surface area (Å²) in [6, 6.07) is 9.41. The Balaban J connectivity index is 1.91. The summed E-state index contributed by atoms with van der Waals surface area (Å²) in [6.07, 6.45) is 2.58. The second-order valence-electron chi connectivity index (χ2n) is 4.40. The van der Waals surface area contributed by atoms with Crippen LogP contribution in [0.2, 0.25) is 0 Å². The molecule has 0 saturated heterocycles. The number of aliphatic carboxylic acids is 1. The van der Waals surface area contributed by atoms with E-state index < -0.39 is 11.9 Å². The largest absolute Gasteiger partial charge is 0.481 e. The monoisotopic (exact) mass is 219 g/mol. The third kappa shape index (κ3) is 3.07. The van der Waals surface area contributed by atoms with E-state index in [0.29, 0.717) is 6.54 Å². The van der Waals surface area contributed by atoms with Crippen LogP contribution in [-0.4, -0.2) is 24.2 Å². The molecule has 0 aromatic heterocycles. The van der Waals surface area contributed by atoms with E-state index in [0.717, 1.165) is 18.0 Å². The first-order valence-corrected chi connectivity index (χ1v) is 5.76. The zero-order valence-electron chi connectivity index (χ0n) is 9.23. The fourth-order valence-corrected chi connectivity index (χ4v) is 1.79. The van der Waals surface area contributed by atoms with Crippen molar-refractivity contribution < 1.29 is 9.90 Å². The van der Waals surface area contributed by atoms with E-state index in [1.54, 1.807) is 0 Å². The molecule has 1 unspecified atom stereocenters. The van der Waals surface area contributed by atoms with Gasteiger partial charge in [0.15, 0.2) is 0 Å². The Morgan fingerprint density at radius 1 is 1.38 bits per heavy atom. The highest BCUT2D eigenvalue weighted by molar-refractivity contribution is 5.76. The van der Waals surface area contributed by atoms with Crippen molar-refractivity contribution in [1.29, 1.82) is 0 Å². The first kappa shape index (κ1) is 11.1. The van der Waals surface area contributed by atoms with E-state index in [1.165, 1.54) is 12.8 Å². The lowest BCUT2D eigenvalue weighted by Crippen LogP contribution is -2.28. The average molecular weight is 219 g/mol. The second kappa shape index (κ2) is 5.12. The van der Waals surface area contributed by atoms with E-state index in [1.807, 2.05) is 30.3 Å². The summed E-state index contributed by atoms with van der Waals surface area (Å²) in [7, 11) is 0. The molecule has 1 aromatic rings. The van der Waals surface area contributed by atoms with Crippen molar-refractivity contribution in [1.82, 2.24) is 5.32 Å². The van der Waals surface area contributed by atoms with Crippen molar-refractivity contribution >= 4 is 5.97 Å². The molecule has 1 aliphatic rings. The minimum atomic E-state index is -0.755. The minimum Gasteiger partial charge on any atom is -0.481 e.